The lowest BCUT2D eigenvalue weighted by atomic mass is 10.00. The van der Waals surface area contributed by atoms with Gasteiger partial charge in [-0.25, -0.2) is 0 Å². The van der Waals surface area contributed by atoms with Crippen LogP contribution in [-0.4, -0.2) is 12.6 Å². The minimum atomic E-state index is -0.133. The van der Waals surface area contributed by atoms with Crippen molar-refractivity contribution in [2.75, 3.05) is 6.61 Å². The fourth-order valence-corrected chi connectivity index (χ4v) is 1.87. The van der Waals surface area contributed by atoms with Gasteiger partial charge in [0.1, 0.15) is 0 Å². The highest BCUT2D eigenvalue weighted by Gasteiger charge is 2.08. The van der Waals surface area contributed by atoms with E-state index in [0.717, 1.165) is 24.8 Å². The summed E-state index contributed by atoms with van der Waals surface area (Å²) in [6, 6.07) is 8.38. The second-order valence-corrected chi connectivity index (χ2v) is 4.40. The highest BCUT2D eigenvalue weighted by atomic mass is 16.5. The Bertz CT molecular complexity index is 359. The molecule has 0 aliphatic rings. The summed E-state index contributed by atoms with van der Waals surface area (Å²) < 4.78 is 4.88. The number of carbonyl (C=O) groups is 1. The van der Waals surface area contributed by atoms with E-state index < -0.39 is 0 Å². The molecule has 0 bridgehead atoms. The molecule has 1 rings (SSSR count). The third-order valence-electron chi connectivity index (χ3n) is 3.02. The van der Waals surface area contributed by atoms with Crippen LogP contribution in [0.15, 0.2) is 24.3 Å². The number of nitrogens with two attached hydrogens (primary N) is 1. The maximum absolute atomic E-state index is 11.2. The largest absolute Gasteiger partial charge is 0.466 e. The van der Waals surface area contributed by atoms with Gasteiger partial charge in [0.15, 0.2) is 0 Å². The molecule has 0 aromatic heterocycles. The Morgan fingerprint density at radius 3 is 2.50 bits per heavy atom. The van der Waals surface area contributed by atoms with Gasteiger partial charge in [-0.2, -0.15) is 0 Å². The van der Waals surface area contributed by atoms with Crippen molar-refractivity contribution >= 4 is 5.97 Å². The van der Waals surface area contributed by atoms with Gasteiger partial charge in [0.05, 0.1) is 6.61 Å². The SMILES string of the molecule is CCOC(=O)CCCC(N)c1ccc(CC)cc1. The first-order chi connectivity index (χ1) is 8.67. The van der Waals surface area contributed by atoms with E-state index in [4.69, 9.17) is 10.5 Å². The summed E-state index contributed by atoms with van der Waals surface area (Å²) in [6.07, 6.45) is 3.08. The standard InChI is InChI=1S/C15H23NO2/c1-3-12-8-10-13(11-9-12)14(16)6-5-7-15(17)18-4-2/h8-11,14H,3-7,16H2,1-2H3. The maximum Gasteiger partial charge on any atom is 0.305 e. The zero-order chi connectivity index (χ0) is 13.4. The van der Waals surface area contributed by atoms with Gasteiger partial charge < -0.3 is 10.5 Å². The van der Waals surface area contributed by atoms with Gasteiger partial charge in [0.2, 0.25) is 0 Å². The average Bonchev–Trinajstić information content (AvgIpc) is 2.39. The molecule has 0 aliphatic heterocycles. The lowest BCUT2D eigenvalue weighted by Gasteiger charge is -2.12. The summed E-state index contributed by atoms with van der Waals surface area (Å²) in [5.74, 6) is -0.133. The van der Waals surface area contributed by atoms with Crippen molar-refractivity contribution in [3.63, 3.8) is 0 Å². The Balaban J connectivity index is 2.35. The van der Waals surface area contributed by atoms with Crippen LogP contribution < -0.4 is 5.73 Å². The van der Waals surface area contributed by atoms with Gasteiger partial charge >= 0.3 is 5.97 Å². The summed E-state index contributed by atoms with van der Waals surface area (Å²) >= 11 is 0. The first-order valence-corrected chi connectivity index (χ1v) is 6.67. The van der Waals surface area contributed by atoms with E-state index in [-0.39, 0.29) is 12.0 Å². The molecule has 0 fully saturated rings. The lowest BCUT2D eigenvalue weighted by molar-refractivity contribution is -0.143. The third-order valence-corrected chi connectivity index (χ3v) is 3.02. The molecule has 0 heterocycles. The summed E-state index contributed by atoms with van der Waals surface area (Å²) in [4.78, 5) is 11.2. The van der Waals surface area contributed by atoms with Crippen LogP contribution in [0.2, 0.25) is 0 Å². The zero-order valence-electron chi connectivity index (χ0n) is 11.3. The van der Waals surface area contributed by atoms with E-state index in [2.05, 4.69) is 31.2 Å². The molecule has 3 heteroatoms. The summed E-state index contributed by atoms with van der Waals surface area (Å²) in [6.45, 7) is 4.40. The fourth-order valence-electron chi connectivity index (χ4n) is 1.87. The molecule has 0 radical (unpaired) electrons. The number of hydrogen-bond donors (Lipinski definition) is 1. The maximum atomic E-state index is 11.2. The summed E-state index contributed by atoms with van der Waals surface area (Å²) in [5.41, 5.74) is 8.55. The number of esters is 1. The van der Waals surface area contributed by atoms with E-state index in [1.165, 1.54) is 5.56 Å². The molecule has 1 unspecified atom stereocenters. The van der Waals surface area contributed by atoms with E-state index >= 15 is 0 Å². The van der Waals surface area contributed by atoms with Crippen molar-refractivity contribution < 1.29 is 9.53 Å². The van der Waals surface area contributed by atoms with Gasteiger partial charge in [-0.3, -0.25) is 4.79 Å². The minimum Gasteiger partial charge on any atom is -0.466 e. The molecule has 18 heavy (non-hydrogen) atoms. The number of benzene rings is 1. The van der Waals surface area contributed by atoms with Crippen LogP contribution in [0.5, 0.6) is 0 Å². The quantitative estimate of drug-likeness (QED) is 0.756. The van der Waals surface area contributed by atoms with Crippen molar-refractivity contribution in [1.29, 1.82) is 0 Å². The first kappa shape index (κ1) is 14.7. The Labute approximate surface area is 109 Å². The number of rotatable bonds is 7. The van der Waals surface area contributed by atoms with Crippen LogP contribution in [-0.2, 0) is 16.0 Å². The van der Waals surface area contributed by atoms with Crippen molar-refractivity contribution in [3.8, 4) is 0 Å². The highest BCUT2D eigenvalue weighted by Crippen LogP contribution is 2.17. The molecule has 0 aliphatic carbocycles. The predicted octanol–water partition coefficient (Wildman–Crippen LogP) is 2.98. The number of hydrogen-bond acceptors (Lipinski definition) is 3. The average molecular weight is 249 g/mol. The molecule has 0 amide bonds. The van der Waals surface area contributed by atoms with Crippen molar-refractivity contribution in [3.05, 3.63) is 35.4 Å². The Hall–Kier alpha value is -1.35. The van der Waals surface area contributed by atoms with Crippen LogP contribution in [0.1, 0.15) is 50.3 Å². The second-order valence-electron chi connectivity index (χ2n) is 4.40. The van der Waals surface area contributed by atoms with Gasteiger partial charge in [-0.1, -0.05) is 31.2 Å². The van der Waals surface area contributed by atoms with Crippen LogP contribution in [0.3, 0.4) is 0 Å². The molecule has 2 N–H and O–H groups in total. The van der Waals surface area contributed by atoms with Gasteiger partial charge in [-0.05, 0) is 37.3 Å². The predicted molar refractivity (Wildman–Crippen MR) is 73.2 cm³/mol. The molecular formula is C15H23NO2. The molecule has 0 spiro atoms. The summed E-state index contributed by atoms with van der Waals surface area (Å²) in [7, 11) is 0. The number of ether oxygens (including phenoxy) is 1. The highest BCUT2D eigenvalue weighted by molar-refractivity contribution is 5.69. The molecule has 1 aromatic carbocycles. The smallest absolute Gasteiger partial charge is 0.305 e. The summed E-state index contributed by atoms with van der Waals surface area (Å²) in [5, 5.41) is 0. The van der Waals surface area contributed by atoms with Crippen molar-refractivity contribution in [2.45, 2.75) is 45.6 Å². The monoisotopic (exact) mass is 249 g/mol. The third kappa shape index (κ3) is 4.88. The molecule has 0 saturated heterocycles. The van der Waals surface area contributed by atoms with Crippen LogP contribution in [0.4, 0.5) is 0 Å². The van der Waals surface area contributed by atoms with E-state index in [1.807, 2.05) is 6.92 Å². The van der Waals surface area contributed by atoms with Crippen molar-refractivity contribution in [1.82, 2.24) is 0 Å². The van der Waals surface area contributed by atoms with Gasteiger partial charge in [0.25, 0.3) is 0 Å². The number of carbonyl (C=O) groups excluding carboxylic acids is 1. The molecular weight excluding hydrogens is 226 g/mol. The molecule has 3 nitrogen and oxygen atoms in total. The van der Waals surface area contributed by atoms with E-state index in [1.54, 1.807) is 0 Å². The van der Waals surface area contributed by atoms with Crippen molar-refractivity contribution in [2.24, 2.45) is 5.73 Å². The van der Waals surface area contributed by atoms with Crippen LogP contribution >= 0.6 is 0 Å². The second kappa shape index (κ2) is 7.88. The topological polar surface area (TPSA) is 52.3 Å². The zero-order valence-corrected chi connectivity index (χ0v) is 11.3. The minimum absolute atomic E-state index is 0.00494. The Kier molecular flexibility index (Phi) is 6.44. The Morgan fingerprint density at radius 2 is 1.94 bits per heavy atom. The lowest BCUT2D eigenvalue weighted by Crippen LogP contribution is -2.11. The molecule has 0 saturated carbocycles. The van der Waals surface area contributed by atoms with E-state index in [0.29, 0.717) is 13.0 Å². The normalized spacial score (nSPS) is 12.2. The fraction of sp³-hybridized carbons (Fsp3) is 0.533. The Morgan fingerprint density at radius 1 is 1.28 bits per heavy atom. The van der Waals surface area contributed by atoms with Gasteiger partial charge in [0, 0.05) is 12.5 Å². The molecule has 100 valence electrons. The first-order valence-electron chi connectivity index (χ1n) is 6.67. The molecule has 1 atom stereocenters. The van der Waals surface area contributed by atoms with E-state index in [9.17, 15) is 4.79 Å². The van der Waals surface area contributed by atoms with Crippen LogP contribution in [0, 0.1) is 0 Å². The van der Waals surface area contributed by atoms with Crippen LogP contribution in [0.25, 0.3) is 0 Å². The molecule has 1 aromatic rings. The van der Waals surface area contributed by atoms with Gasteiger partial charge in [-0.15, -0.1) is 0 Å². The number of aryl methyl sites for hydroxylation is 1.